The Morgan fingerprint density at radius 2 is 1.81 bits per heavy atom. The van der Waals surface area contributed by atoms with Gasteiger partial charge in [-0.05, 0) is 49.4 Å². The number of benzene rings is 2. The monoisotopic (exact) mass is 411 g/mol. The van der Waals surface area contributed by atoms with Gasteiger partial charge in [-0.15, -0.1) is 0 Å². The number of rotatable bonds is 8. The predicted molar refractivity (Wildman–Crippen MR) is 102 cm³/mol. The van der Waals surface area contributed by atoms with Crippen LogP contribution in [0.25, 0.3) is 0 Å². The van der Waals surface area contributed by atoms with Gasteiger partial charge in [0.2, 0.25) is 15.8 Å². The first-order valence-corrected chi connectivity index (χ1v) is 10.1. The zero-order valence-corrected chi connectivity index (χ0v) is 16.2. The summed E-state index contributed by atoms with van der Waals surface area (Å²) in [6.07, 6.45) is 0.00756. The smallest absolute Gasteiger partial charge is 0.344 e. The molecule has 0 spiro atoms. The fourth-order valence-corrected chi connectivity index (χ4v) is 2.88. The van der Waals surface area contributed by atoms with Gasteiger partial charge in [0.25, 0.3) is 0 Å². The number of Topliss-reactive ketones (excluding diaryl/α,β-unsaturated/α-hetero) is 1. The van der Waals surface area contributed by atoms with Gasteiger partial charge in [-0.3, -0.25) is 9.52 Å². The summed E-state index contributed by atoms with van der Waals surface area (Å²) in [4.78, 5) is 24.2. The van der Waals surface area contributed by atoms with E-state index in [1.54, 1.807) is 24.3 Å². The Balaban J connectivity index is 1.89. The molecule has 1 N–H and O–H groups in total. The fourth-order valence-electron chi connectivity index (χ4n) is 2.14. The molecule has 2 aromatic carbocycles. The molecule has 0 saturated heterocycles. The second kappa shape index (κ2) is 8.88. The lowest BCUT2D eigenvalue weighted by molar-refractivity contribution is -0.148. The average molecular weight is 412 g/mol. The quantitative estimate of drug-likeness (QED) is 0.529. The molecule has 2 rings (SSSR count). The van der Waals surface area contributed by atoms with Crippen LogP contribution in [0.15, 0.2) is 48.5 Å². The van der Waals surface area contributed by atoms with E-state index in [4.69, 9.17) is 21.1 Å². The molecular weight excluding hydrogens is 394 g/mol. The zero-order valence-electron chi connectivity index (χ0n) is 14.6. The molecule has 2 aromatic rings. The van der Waals surface area contributed by atoms with Gasteiger partial charge in [0.1, 0.15) is 5.75 Å². The van der Waals surface area contributed by atoms with Crippen LogP contribution >= 0.6 is 11.6 Å². The van der Waals surface area contributed by atoms with Crippen molar-refractivity contribution < 1.29 is 27.5 Å². The van der Waals surface area contributed by atoms with Gasteiger partial charge < -0.3 is 9.47 Å². The number of nitrogens with one attached hydrogen (secondary N) is 1. The number of ether oxygens (including phenoxy) is 2. The Morgan fingerprint density at radius 1 is 1.15 bits per heavy atom. The van der Waals surface area contributed by atoms with Crippen LogP contribution in [0.4, 0.5) is 5.69 Å². The van der Waals surface area contributed by atoms with Crippen LogP contribution < -0.4 is 9.46 Å². The maximum atomic E-state index is 12.3. The van der Waals surface area contributed by atoms with E-state index in [9.17, 15) is 18.0 Å². The fraction of sp³-hybridized carbons (Fsp3) is 0.222. The van der Waals surface area contributed by atoms with Crippen molar-refractivity contribution in [3.63, 3.8) is 0 Å². The summed E-state index contributed by atoms with van der Waals surface area (Å²) in [6, 6.07) is 12.3. The largest absolute Gasteiger partial charge is 0.482 e. The molecule has 0 aromatic heterocycles. The number of carbonyl (C=O) groups is 2. The Morgan fingerprint density at radius 3 is 2.41 bits per heavy atom. The second-order valence-corrected chi connectivity index (χ2v) is 7.88. The maximum absolute atomic E-state index is 12.3. The van der Waals surface area contributed by atoms with E-state index in [1.807, 2.05) is 0 Å². The minimum atomic E-state index is -3.40. The van der Waals surface area contributed by atoms with E-state index >= 15 is 0 Å². The average Bonchev–Trinajstić information content (AvgIpc) is 2.58. The number of halogens is 1. The summed E-state index contributed by atoms with van der Waals surface area (Å²) in [5.74, 6) is -0.712. The topological polar surface area (TPSA) is 98.8 Å². The number of carbonyl (C=O) groups excluding carboxylic acids is 2. The third-order valence-electron chi connectivity index (χ3n) is 3.30. The van der Waals surface area contributed by atoms with Gasteiger partial charge in [0.05, 0.1) is 6.26 Å². The zero-order chi connectivity index (χ0) is 20.0. The van der Waals surface area contributed by atoms with Crippen molar-refractivity contribution in [1.82, 2.24) is 0 Å². The van der Waals surface area contributed by atoms with Crippen molar-refractivity contribution in [3.05, 3.63) is 59.1 Å². The van der Waals surface area contributed by atoms with Gasteiger partial charge in [0, 0.05) is 16.3 Å². The molecule has 0 saturated carbocycles. The molecule has 1 atom stereocenters. The third kappa shape index (κ3) is 6.92. The summed E-state index contributed by atoms with van der Waals surface area (Å²) >= 11 is 5.82. The Bertz CT molecular complexity index is 927. The Hall–Kier alpha value is -2.58. The number of sulfonamides is 1. The third-order valence-corrected chi connectivity index (χ3v) is 4.14. The highest BCUT2D eigenvalue weighted by molar-refractivity contribution is 7.92. The van der Waals surface area contributed by atoms with Gasteiger partial charge in [-0.2, -0.15) is 0 Å². The molecule has 0 radical (unpaired) electrons. The maximum Gasteiger partial charge on any atom is 0.344 e. The Labute approximate surface area is 162 Å². The number of ketones is 1. The Kier molecular flexibility index (Phi) is 6.81. The van der Waals surface area contributed by atoms with Crippen LogP contribution in [0.3, 0.4) is 0 Å². The molecule has 27 heavy (non-hydrogen) atoms. The molecule has 0 unspecified atom stereocenters. The summed E-state index contributed by atoms with van der Waals surface area (Å²) in [5, 5.41) is 0.471. The van der Waals surface area contributed by atoms with Crippen molar-refractivity contribution in [1.29, 1.82) is 0 Å². The van der Waals surface area contributed by atoms with Crippen LogP contribution in [-0.4, -0.2) is 39.1 Å². The van der Waals surface area contributed by atoms with Crippen molar-refractivity contribution >= 4 is 39.1 Å². The van der Waals surface area contributed by atoms with Crippen LogP contribution in [-0.2, 0) is 19.6 Å². The molecule has 0 aliphatic carbocycles. The summed E-state index contributed by atoms with van der Waals surface area (Å²) in [6.45, 7) is 1.08. The number of esters is 1. The standard InChI is InChI=1S/C18H18ClNO6S/c1-12(26-17(21)11-25-16-5-3-4-14(19)10-16)18(22)13-6-8-15(9-7-13)20-27(2,23)24/h3-10,12,20H,11H2,1-2H3/t12-/m0/s1. The van der Waals surface area contributed by atoms with E-state index in [0.717, 1.165) is 6.26 Å². The van der Waals surface area contributed by atoms with E-state index in [0.29, 0.717) is 16.5 Å². The molecule has 7 nitrogen and oxygen atoms in total. The van der Waals surface area contributed by atoms with Crippen molar-refractivity contribution in [2.45, 2.75) is 13.0 Å². The number of hydrogen-bond acceptors (Lipinski definition) is 6. The lowest BCUT2D eigenvalue weighted by atomic mass is 10.1. The van der Waals surface area contributed by atoms with E-state index in [2.05, 4.69) is 4.72 Å². The summed E-state index contributed by atoms with van der Waals surface area (Å²) in [5.41, 5.74) is 0.610. The van der Waals surface area contributed by atoms with Crippen LogP contribution in [0, 0.1) is 0 Å². The number of anilines is 1. The highest BCUT2D eigenvalue weighted by atomic mass is 35.5. The van der Waals surface area contributed by atoms with Crippen LogP contribution in [0.1, 0.15) is 17.3 Å². The molecule has 0 aliphatic rings. The van der Waals surface area contributed by atoms with E-state index in [-0.39, 0.29) is 12.2 Å². The molecule has 9 heteroatoms. The number of hydrogen-bond donors (Lipinski definition) is 1. The van der Waals surface area contributed by atoms with Crippen LogP contribution in [0.2, 0.25) is 5.02 Å². The summed E-state index contributed by atoms with van der Waals surface area (Å²) < 4.78 is 35.0. The van der Waals surface area contributed by atoms with Gasteiger partial charge in [0.15, 0.2) is 12.7 Å². The predicted octanol–water partition coefficient (Wildman–Crippen LogP) is 2.90. The molecule has 0 bridgehead atoms. The van der Waals surface area contributed by atoms with Gasteiger partial charge in [-0.1, -0.05) is 17.7 Å². The SMILES string of the molecule is C[C@H](OC(=O)COc1cccc(Cl)c1)C(=O)c1ccc(NS(C)(=O)=O)cc1. The van der Waals surface area contributed by atoms with Crippen molar-refractivity contribution in [2.24, 2.45) is 0 Å². The van der Waals surface area contributed by atoms with Crippen molar-refractivity contribution in [3.8, 4) is 5.75 Å². The highest BCUT2D eigenvalue weighted by Crippen LogP contribution is 2.17. The molecule has 0 aliphatic heterocycles. The highest BCUT2D eigenvalue weighted by Gasteiger charge is 2.20. The second-order valence-electron chi connectivity index (χ2n) is 5.69. The normalized spacial score (nSPS) is 12.1. The van der Waals surface area contributed by atoms with Gasteiger partial charge >= 0.3 is 5.97 Å². The van der Waals surface area contributed by atoms with Gasteiger partial charge in [-0.25, -0.2) is 13.2 Å². The van der Waals surface area contributed by atoms with Crippen LogP contribution in [0.5, 0.6) is 5.75 Å². The first kappa shape index (κ1) is 20.7. The van der Waals surface area contributed by atoms with Crippen molar-refractivity contribution in [2.75, 3.05) is 17.6 Å². The molecule has 144 valence electrons. The van der Waals surface area contributed by atoms with E-state index in [1.165, 1.54) is 31.2 Å². The molecule has 0 heterocycles. The molecule has 0 amide bonds. The minimum Gasteiger partial charge on any atom is -0.482 e. The van der Waals surface area contributed by atoms with E-state index < -0.39 is 27.9 Å². The first-order chi connectivity index (χ1) is 12.6. The summed E-state index contributed by atoms with van der Waals surface area (Å²) in [7, 11) is -3.40. The molecular formula is C18H18ClNO6S. The first-order valence-electron chi connectivity index (χ1n) is 7.84. The lowest BCUT2D eigenvalue weighted by Gasteiger charge is -2.13. The lowest BCUT2D eigenvalue weighted by Crippen LogP contribution is -2.27. The molecule has 0 fully saturated rings. The minimum absolute atomic E-state index is 0.283.